The number of sulfonamides is 1. The molecule has 0 atom stereocenters. The van der Waals surface area contributed by atoms with Crippen LogP contribution in [0.25, 0.3) is 0 Å². The van der Waals surface area contributed by atoms with Gasteiger partial charge in [-0.05, 0) is 25.3 Å². The van der Waals surface area contributed by atoms with E-state index in [1.165, 1.54) is 18.2 Å². The number of nitrogens with one attached hydrogen (secondary N) is 1. The molecule has 0 bridgehead atoms. The Labute approximate surface area is 139 Å². The molecule has 23 heavy (non-hydrogen) atoms. The molecule has 0 aromatic heterocycles. The molecule has 1 saturated carbocycles. The van der Waals surface area contributed by atoms with Crippen LogP contribution in [0.15, 0.2) is 24.3 Å². The van der Waals surface area contributed by atoms with Crippen LogP contribution in [0, 0.1) is 6.92 Å². The zero-order chi connectivity index (χ0) is 17.1. The second-order valence-corrected chi connectivity index (χ2v) is 8.74. The molecule has 0 aliphatic heterocycles. The molecule has 6 heteroatoms. The standard InChI is InChI=1S/C17H26N2O3S/c1-14-7-6-8-15(11-14)17(9-4-5-10-17)13-18-16(20)12-19(2)23(3,21)22/h6-8,11H,4-5,9-10,12-13H2,1-3H3,(H,18,20). The van der Waals surface area contributed by atoms with Crippen molar-refractivity contribution in [2.24, 2.45) is 0 Å². The van der Waals surface area contributed by atoms with Gasteiger partial charge in [0.15, 0.2) is 0 Å². The van der Waals surface area contributed by atoms with Crippen molar-refractivity contribution >= 4 is 15.9 Å². The number of benzene rings is 1. The zero-order valence-electron chi connectivity index (χ0n) is 14.1. The molecule has 2 rings (SSSR count). The van der Waals surface area contributed by atoms with Crippen LogP contribution in [0.5, 0.6) is 0 Å². The summed E-state index contributed by atoms with van der Waals surface area (Å²) in [5, 5.41) is 2.94. The first-order valence-corrected chi connectivity index (χ1v) is 9.83. The molecular weight excluding hydrogens is 312 g/mol. The zero-order valence-corrected chi connectivity index (χ0v) is 14.9. The molecule has 1 aliphatic carbocycles. The molecule has 0 spiro atoms. The van der Waals surface area contributed by atoms with Gasteiger partial charge >= 0.3 is 0 Å². The normalized spacial score (nSPS) is 17.4. The summed E-state index contributed by atoms with van der Waals surface area (Å²) in [7, 11) is -1.92. The number of rotatable bonds is 6. The van der Waals surface area contributed by atoms with Crippen LogP contribution in [-0.4, -0.2) is 45.0 Å². The summed E-state index contributed by atoms with van der Waals surface area (Å²) in [5.41, 5.74) is 2.47. The highest BCUT2D eigenvalue weighted by molar-refractivity contribution is 7.88. The minimum Gasteiger partial charge on any atom is -0.354 e. The average Bonchev–Trinajstić information content (AvgIpc) is 2.94. The van der Waals surface area contributed by atoms with E-state index in [2.05, 4.69) is 36.5 Å². The topological polar surface area (TPSA) is 66.5 Å². The van der Waals surface area contributed by atoms with E-state index in [-0.39, 0.29) is 17.9 Å². The second kappa shape index (κ2) is 7.01. The summed E-state index contributed by atoms with van der Waals surface area (Å²) in [6.07, 6.45) is 5.53. The van der Waals surface area contributed by atoms with Gasteiger partial charge in [0.2, 0.25) is 15.9 Å². The van der Waals surface area contributed by atoms with Crippen molar-refractivity contribution in [1.82, 2.24) is 9.62 Å². The van der Waals surface area contributed by atoms with Crippen LogP contribution in [0.1, 0.15) is 36.8 Å². The van der Waals surface area contributed by atoms with Crippen molar-refractivity contribution in [2.45, 2.75) is 38.0 Å². The van der Waals surface area contributed by atoms with Crippen LogP contribution < -0.4 is 5.32 Å². The third-order valence-corrected chi connectivity index (χ3v) is 6.01. The van der Waals surface area contributed by atoms with Gasteiger partial charge in [-0.2, -0.15) is 4.31 Å². The van der Waals surface area contributed by atoms with Gasteiger partial charge in [-0.25, -0.2) is 8.42 Å². The molecule has 0 saturated heterocycles. The summed E-state index contributed by atoms with van der Waals surface area (Å²) >= 11 is 0. The number of hydrogen-bond acceptors (Lipinski definition) is 3. The fraction of sp³-hybridized carbons (Fsp3) is 0.588. The fourth-order valence-electron chi connectivity index (χ4n) is 3.24. The van der Waals surface area contributed by atoms with Crippen LogP contribution in [0.3, 0.4) is 0 Å². The summed E-state index contributed by atoms with van der Waals surface area (Å²) in [5.74, 6) is -0.253. The second-order valence-electron chi connectivity index (χ2n) is 6.65. The van der Waals surface area contributed by atoms with E-state index in [0.29, 0.717) is 6.54 Å². The minimum atomic E-state index is -3.34. The Morgan fingerprint density at radius 3 is 2.52 bits per heavy atom. The number of carbonyl (C=O) groups excluding carboxylic acids is 1. The number of amides is 1. The Kier molecular flexibility index (Phi) is 5.47. The SMILES string of the molecule is Cc1cccc(C2(CNC(=O)CN(C)S(C)(=O)=O)CCCC2)c1. The molecule has 1 aromatic rings. The summed E-state index contributed by atoms with van der Waals surface area (Å²) in [6.45, 7) is 2.50. The van der Waals surface area contributed by atoms with E-state index < -0.39 is 10.0 Å². The van der Waals surface area contributed by atoms with Crippen LogP contribution in [-0.2, 0) is 20.2 Å². The summed E-state index contributed by atoms with van der Waals surface area (Å²) in [6, 6.07) is 8.46. The van der Waals surface area contributed by atoms with Gasteiger partial charge in [-0.1, -0.05) is 42.7 Å². The van der Waals surface area contributed by atoms with Crippen molar-refractivity contribution in [2.75, 3.05) is 26.4 Å². The third kappa shape index (κ3) is 4.54. The molecule has 1 N–H and O–H groups in total. The summed E-state index contributed by atoms with van der Waals surface area (Å²) in [4.78, 5) is 12.1. The number of hydrogen-bond donors (Lipinski definition) is 1. The van der Waals surface area contributed by atoms with Gasteiger partial charge in [-0.15, -0.1) is 0 Å². The van der Waals surface area contributed by atoms with Gasteiger partial charge in [0.1, 0.15) is 0 Å². The molecule has 1 amide bonds. The van der Waals surface area contributed by atoms with Gasteiger partial charge in [0.25, 0.3) is 0 Å². The largest absolute Gasteiger partial charge is 0.354 e. The summed E-state index contributed by atoms with van der Waals surface area (Å²) < 4.78 is 23.9. The van der Waals surface area contributed by atoms with Crippen molar-refractivity contribution in [3.63, 3.8) is 0 Å². The lowest BCUT2D eigenvalue weighted by Gasteiger charge is -2.30. The van der Waals surface area contributed by atoms with Crippen LogP contribution in [0.2, 0.25) is 0 Å². The van der Waals surface area contributed by atoms with E-state index in [0.717, 1.165) is 36.2 Å². The lowest BCUT2D eigenvalue weighted by atomic mass is 9.78. The van der Waals surface area contributed by atoms with Crippen molar-refractivity contribution in [3.05, 3.63) is 35.4 Å². The maximum atomic E-state index is 12.1. The Balaban J connectivity index is 2.05. The monoisotopic (exact) mass is 338 g/mol. The quantitative estimate of drug-likeness (QED) is 0.860. The molecule has 5 nitrogen and oxygen atoms in total. The number of aryl methyl sites for hydroxylation is 1. The molecule has 0 unspecified atom stereocenters. The lowest BCUT2D eigenvalue weighted by Crippen LogP contribution is -2.43. The van der Waals surface area contributed by atoms with Gasteiger partial charge in [0.05, 0.1) is 12.8 Å². The van der Waals surface area contributed by atoms with Crippen molar-refractivity contribution < 1.29 is 13.2 Å². The number of nitrogens with zero attached hydrogens (tertiary/aromatic N) is 1. The lowest BCUT2D eigenvalue weighted by molar-refractivity contribution is -0.121. The molecule has 128 valence electrons. The molecule has 0 radical (unpaired) electrons. The van der Waals surface area contributed by atoms with E-state index in [9.17, 15) is 13.2 Å². The number of likely N-dealkylation sites (N-methyl/N-ethyl adjacent to an activating group) is 1. The maximum absolute atomic E-state index is 12.1. The predicted octanol–water partition coefficient (Wildman–Crippen LogP) is 1.81. The maximum Gasteiger partial charge on any atom is 0.235 e. The third-order valence-electron chi connectivity index (χ3n) is 4.75. The minimum absolute atomic E-state index is 0.0225. The van der Waals surface area contributed by atoms with Gasteiger partial charge in [-0.3, -0.25) is 4.79 Å². The Morgan fingerprint density at radius 2 is 1.96 bits per heavy atom. The predicted molar refractivity (Wildman–Crippen MR) is 91.8 cm³/mol. The molecule has 0 heterocycles. The Morgan fingerprint density at radius 1 is 1.30 bits per heavy atom. The Hall–Kier alpha value is -1.40. The van der Waals surface area contributed by atoms with Gasteiger partial charge < -0.3 is 5.32 Å². The van der Waals surface area contributed by atoms with Crippen molar-refractivity contribution in [3.8, 4) is 0 Å². The Bertz CT molecular complexity index is 664. The van der Waals surface area contributed by atoms with E-state index >= 15 is 0 Å². The average molecular weight is 338 g/mol. The first-order valence-electron chi connectivity index (χ1n) is 7.98. The van der Waals surface area contributed by atoms with Crippen molar-refractivity contribution in [1.29, 1.82) is 0 Å². The first-order chi connectivity index (χ1) is 10.7. The molecular formula is C17H26N2O3S. The smallest absolute Gasteiger partial charge is 0.235 e. The molecule has 1 aromatic carbocycles. The number of carbonyl (C=O) groups is 1. The first kappa shape index (κ1) is 17.9. The highest BCUT2D eigenvalue weighted by atomic mass is 32.2. The molecule has 1 aliphatic rings. The fourth-order valence-corrected chi connectivity index (χ4v) is 3.59. The highest BCUT2D eigenvalue weighted by Crippen LogP contribution is 2.40. The highest BCUT2D eigenvalue weighted by Gasteiger charge is 2.36. The van der Waals surface area contributed by atoms with E-state index in [4.69, 9.17) is 0 Å². The molecule has 1 fully saturated rings. The van der Waals surface area contributed by atoms with Gasteiger partial charge in [0, 0.05) is 19.0 Å². The van der Waals surface area contributed by atoms with E-state index in [1.807, 2.05) is 0 Å². The van der Waals surface area contributed by atoms with E-state index in [1.54, 1.807) is 0 Å². The van der Waals surface area contributed by atoms with Crippen LogP contribution >= 0.6 is 0 Å². The van der Waals surface area contributed by atoms with Crippen LogP contribution in [0.4, 0.5) is 0 Å².